The molecule has 2 unspecified atom stereocenters. The summed E-state index contributed by atoms with van der Waals surface area (Å²) in [7, 11) is 0. The molecule has 2 atom stereocenters. The molecule has 0 fully saturated rings. The smallest absolute Gasteiger partial charge is 0.283 e. The second kappa shape index (κ2) is 7.57. The largest absolute Gasteiger partial charge is 0.401 e. The molecule has 27 heavy (non-hydrogen) atoms. The van der Waals surface area contributed by atoms with Gasteiger partial charge >= 0.3 is 6.18 Å². The Bertz CT molecular complexity index is 977. The van der Waals surface area contributed by atoms with Gasteiger partial charge in [0.05, 0.1) is 30.7 Å². The fraction of sp³-hybridized carbons (Fsp3) is 0.294. The van der Waals surface area contributed by atoms with Gasteiger partial charge in [-0.1, -0.05) is 12.1 Å². The lowest BCUT2D eigenvalue weighted by Gasteiger charge is -2.38. The lowest BCUT2D eigenvalue weighted by Crippen LogP contribution is -2.42. The van der Waals surface area contributed by atoms with Gasteiger partial charge in [0.15, 0.2) is 0 Å². The molecule has 0 spiro atoms. The topological polar surface area (TPSA) is 34.0 Å². The summed E-state index contributed by atoms with van der Waals surface area (Å²) in [6.07, 6.45) is 0.265. The van der Waals surface area contributed by atoms with Crippen molar-refractivity contribution in [1.82, 2.24) is 19.4 Å². The van der Waals surface area contributed by atoms with Gasteiger partial charge in [-0.2, -0.15) is 18.3 Å². The number of fused-ring (bicyclic) bond motifs is 3. The third-order valence-electron chi connectivity index (χ3n) is 4.74. The highest BCUT2D eigenvalue weighted by Crippen LogP contribution is 2.40. The number of halogens is 5. The van der Waals surface area contributed by atoms with Gasteiger partial charge in [-0.05, 0) is 73.2 Å². The first-order chi connectivity index (χ1) is 12.9. The average Bonchev–Trinajstić information content (AvgIpc) is 3.04. The molecule has 3 aromatic rings. The Kier molecular flexibility index (Phi) is 5.48. The van der Waals surface area contributed by atoms with Crippen LogP contribution in [0.2, 0.25) is 0 Å². The van der Waals surface area contributed by atoms with E-state index in [4.69, 9.17) is 0 Å². The van der Waals surface area contributed by atoms with E-state index in [2.05, 4.69) is 48.1 Å². The maximum absolute atomic E-state index is 13.2. The molecule has 0 N–H and O–H groups in total. The molecular weight excluding hydrogens is 555 g/mol. The van der Waals surface area contributed by atoms with Crippen molar-refractivity contribution >= 4 is 55.2 Å². The highest BCUT2D eigenvalue weighted by molar-refractivity contribution is 14.2. The second-order valence-corrected chi connectivity index (χ2v) is 9.21. The Balaban J connectivity index is 1.86. The van der Waals surface area contributed by atoms with Gasteiger partial charge in [-0.3, -0.25) is 4.90 Å². The van der Waals surface area contributed by atoms with Crippen LogP contribution in [0.4, 0.5) is 13.2 Å². The Hall–Kier alpha value is -0.770. The molecule has 0 radical (unpaired) electrons. The Morgan fingerprint density at radius 1 is 1.22 bits per heavy atom. The lowest BCUT2D eigenvalue weighted by atomic mass is 9.87. The van der Waals surface area contributed by atoms with Crippen molar-refractivity contribution in [3.8, 4) is 0 Å². The molecule has 0 aliphatic carbocycles. The number of alkyl halides is 3. The maximum Gasteiger partial charge on any atom is 0.401 e. The highest BCUT2D eigenvalue weighted by atomic mass is 127. The van der Waals surface area contributed by atoms with Crippen LogP contribution in [0.3, 0.4) is 0 Å². The fourth-order valence-corrected chi connectivity index (χ4v) is 5.47. The summed E-state index contributed by atoms with van der Waals surface area (Å²) < 4.78 is 42.2. The number of rotatable bonds is 3. The van der Waals surface area contributed by atoms with Crippen LogP contribution in [0.25, 0.3) is 10.9 Å². The zero-order valence-electron chi connectivity index (χ0n) is 13.8. The number of nitrogens with zero attached hydrogens (tertiary/aromatic N) is 4. The van der Waals surface area contributed by atoms with E-state index >= 15 is 0 Å². The minimum Gasteiger partial charge on any atom is -0.283 e. The van der Waals surface area contributed by atoms with Crippen LogP contribution in [0, 0.1) is 0 Å². The Morgan fingerprint density at radius 2 is 2.04 bits per heavy atom. The molecule has 1 aromatic carbocycles. The number of benzene rings is 1. The van der Waals surface area contributed by atoms with Crippen molar-refractivity contribution in [1.29, 1.82) is 0 Å². The van der Waals surface area contributed by atoms with Gasteiger partial charge in [-0.25, -0.2) is 9.44 Å². The molecule has 142 valence electrons. The van der Waals surface area contributed by atoms with E-state index in [1.807, 2.05) is 28.8 Å². The molecule has 3 heterocycles. The summed E-state index contributed by atoms with van der Waals surface area (Å²) in [6.45, 7) is -0.607. The van der Waals surface area contributed by atoms with E-state index in [0.29, 0.717) is 23.9 Å². The van der Waals surface area contributed by atoms with Gasteiger partial charge in [0.1, 0.15) is 4.60 Å². The van der Waals surface area contributed by atoms with Crippen LogP contribution in [0.1, 0.15) is 22.7 Å². The first kappa shape index (κ1) is 19.5. The third kappa shape index (κ3) is 3.88. The highest BCUT2D eigenvalue weighted by Gasteiger charge is 2.38. The van der Waals surface area contributed by atoms with Gasteiger partial charge in [-0.15, -0.1) is 0 Å². The summed E-state index contributed by atoms with van der Waals surface area (Å²) in [4.78, 5) is 5.72. The minimum absolute atomic E-state index is 0.337. The van der Waals surface area contributed by atoms with Crippen LogP contribution >= 0.6 is 44.3 Å². The van der Waals surface area contributed by atoms with E-state index < -0.39 is 18.8 Å². The van der Waals surface area contributed by atoms with E-state index in [0.717, 1.165) is 27.6 Å². The summed E-state index contributed by atoms with van der Waals surface area (Å²) in [5.74, 6) is 0. The molecule has 4 rings (SSSR count). The number of aromatic nitrogens is 3. The van der Waals surface area contributed by atoms with Crippen molar-refractivity contribution < 1.29 is 13.2 Å². The van der Waals surface area contributed by atoms with Gasteiger partial charge in [0, 0.05) is 18.1 Å². The van der Waals surface area contributed by atoms with E-state index in [9.17, 15) is 13.2 Å². The molecule has 4 nitrogen and oxygen atoms in total. The van der Waals surface area contributed by atoms with Crippen LogP contribution in [-0.4, -0.2) is 38.7 Å². The number of pyridine rings is 1. The summed E-state index contributed by atoms with van der Waals surface area (Å²) in [5.41, 5.74) is 3.77. The monoisotopic (exact) mass is 568 g/mol. The van der Waals surface area contributed by atoms with Crippen molar-refractivity contribution in [3.05, 3.63) is 58.0 Å². The first-order valence-corrected chi connectivity index (χ1v) is 13.0. The molecule has 2 aromatic heterocycles. The minimum atomic E-state index is -4.25. The van der Waals surface area contributed by atoms with Crippen LogP contribution in [0.15, 0.2) is 41.3 Å². The molecule has 0 saturated carbocycles. The fourth-order valence-electron chi connectivity index (χ4n) is 3.70. The van der Waals surface area contributed by atoms with Crippen LogP contribution in [-0.2, 0) is 6.42 Å². The second-order valence-electron chi connectivity index (χ2n) is 6.36. The summed E-state index contributed by atoms with van der Waals surface area (Å²) in [5, 5.41) is 5.45. The lowest BCUT2D eigenvalue weighted by molar-refractivity contribution is -0.150. The summed E-state index contributed by atoms with van der Waals surface area (Å²) >= 11 is 5.56. The normalized spacial score (nSPS) is 18.5. The zero-order chi connectivity index (χ0) is 19.2. The van der Waals surface area contributed by atoms with Crippen molar-refractivity contribution in [3.63, 3.8) is 0 Å². The summed E-state index contributed by atoms with van der Waals surface area (Å²) in [6, 6.07) is 7.03. The number of hydrogen-bond acceptors (Lipinski definition) is 3. The molecule has 1 aliphatic heterocycles. The first-order valence-electron chi connectivity index (χ1n) is 8.16. The molecule has 0 saturated heterocycles. The molecule has 0 bridgehead atoms. The molecule has 1 aliphatic rings. The van der Waals surface area contributed by atoms with Gasteiger partial charge < -0.3 is 0 Å². The SMILES string of the molecule is FC(F)(F)CN1CCc2c(ccc3c2cnn3PI)C1c1ccc(Br)nc1. The zero-order valence-corrected chi connectivity index (χ0v) is 18.6. The van der Waals surface area contributed by atoms with E-state index in [1.54, 1.807) is 12.3 Å². The average molecular weight is 569 g/mol. The van der Waals surface area contributed by atoms with Crippen molar-refractivity contribution in [2.75, 3.05) is 13.1 Å². The Morgan fingerprint density at radius 3 is 2.70 bits per heavy atom. The molecule has 0 amide bonds. The maximum atomic E-state index is 13.2. The number of hydrogen-bond donors (Lipinski definition) is 0. The van der Waals surface area contributed by atoms with Crippen LogP contribution < -0.4 is 0 Å². The predicted octanol–water partition coefficient (Wildman–Crippen LogP) is 5.50. The molecule has 10 heteroatoms. The Labute approximate surface area is 177 Å². The quantitative estimate of drug-likeness (QED) is 0.238. The predicted molar refractivity (Wildman–Crippen MR) is 113 cm³/mol. The van der Waals surface area contributed by atoms with E-state index in [-0.39, 0.29) is 0 Å². The third-order valence-corrected chi connectivity index (χ3v) is 7.09. The van der Waals surface area contributed by atoms with Crippen LogP contribution in [0.5, 0.6) is 0 Å². The van der Waals surface area contributed by atoms with Crippen molar-refractivity contribution in [2.24, 2.45) is 0 Å². The van der Waals surface area contributed by atoms with Crippen molar-refractivity contribution in [2.45, 2.75) is 18.6 Å². The molecular formula is C17H14BrF3IN4P. The van der Waals surface area contributed by atoms with Gasteiger partial charge in [0.25, 0.3) is 0 Å². The van der Waals surface area contributed by atoms with Gasteiger partial charge in [0.2, 0.25) is 0 Å². The van der Waals surface area contributed by atoms with E-state index in [1.165, 1.54) is 4.90 Å². The standard InChI is InChI=1S/C17H14BrF3IN4P/c18-15-4-1-10(7-23-15)16-12-2-3-14-13(8-24-26(14)27-22)11(12)5-6-25(16)9-17(19,20)21/h1-4,7-8,16,27H,5-6,9H2.